The van der Waals surface area contributed by atoms with Crippen molar-refractivity contribution in [2.45, 2.75) is 30.5 Å². The van der Waals surface area contributed by atoms with E-state index in [0.29, 0.717) is 5.88 Å². The first-order chi connectivity index (χ1) is 6.31. The van der Waals surface area contributed by atoms with Gasteiger partial charge in [-0.15, -0.1) is 23.4 Å². The van der Waals surface area contributed by atoms with Gasteiger partial charge in [0.15, 0.2) is 0 Å². The van der Waals surface area contributed by atoms with E-state index in [1.54, 1.807) is 11.8 Å². The molecule has 0 aliphatic rings. The number of halogens is 1. The summed E-state index contributed by atoms with van der Waals surface area (Å²) in [6.45, 7) is 2.20. The van der Waals surface area contributed by atoms with Gasteiger partial charge in [0, 0.05) is 10.8 Å². The van der Waals surface area contributed by atoms with Crippen LogP contribution in [0.25, 0.3) is 0 Å². The molecule has 0 saturated carbocycles. The van der Waals surface area contributed by atoms with Gasteiger partial charge in [0.05, 0.1) is 0 Å². The summed E-state index contributed by atoms with van der Waals surface area (Å²) in [6.07, 6.45) is 4.46. The van der Waals surface area contributed by atoms with Crippen LogP contribution < -0.4 is 0 Å². The van der Waals surface area contributed by atoms with Crippen LogP contribution in [0.1, 0.15) is 24.5 Å². The van der Waals surface area contributed by atoms with Crippen molar-refractivity contribution in [3.8, 4) is 0 Å². The molecule has 0 fully saturated rings. The predicted molar refractivity (Wildman–Crippen MR) is 61.8 cm³/mol. The second-order valence-electron chi connectivity index (χ2n) is 3.03. The van der Waals surface area contributed by atoms with Crippen LogP contribution in [0.5, 0.6) is 0 Å². The number of benzene rings is 1. The second-order valence-corrected chi connectivity index (χ2v) is 4.15. The van der Waals surface area contributed by atoms with Gasteiger partial charge >= 0.3 is 0 Å². The van der Waals surface area contributed by atoms with Gasteiger partial charge in [0.25, 0.3) is 0 Å². The fraction of sp³-hybridized carbons (Fsp3) is 0.455. The number of hydrogen-bond donors (Lipinski definition) is 0. The Morgan fingerprint density at radius 3 is 2.69 bits per heavy atom. The highest BCUT2D eigenvalue weighted by molar-refractivity contribution is 7.98. The SMILES string of the molecule is CCCc1ccc(CCl)c(SC)c1. The zero-order chi connectivity index (χ0) is 9.68. The largest absolute Gasteiger partial charge is 0.129 e. The van der Waals surface area contributed by atoms with Gasteiger partial charge in [-0.2, -0.15) is 0 Å². The van der Waals surface area contributed by atoms with Crippen molar-refractivity contribution in [2.24, 2.45) is 0 Å². The van der Waals surface area contributed by atoms with Crippen LogP contribution in [0.15, 0.2) is 23.1 Å². The molecule has 1 aromatic carbocycles. The summed E-state index contributed by atoms with van der Waals surface area (Å²) in [7, 11) is 0. The minimum absolute atomic E-state index is 0.614. The number of aryl methyl sites for hydroxylation is 1. The molecule has 0 saturated heterocycles. The van der Waals surface area contributed by atoms with Crippen LogP contribution in [0.3, 0.4) is 0 Å². The smallest absolute Gasteiger partial charge is 0.0485 e. The van der Waals surface area contributed by atoms with Crippen LogP contribution in [0.4, 0.5) is 0 Å². The molecule has 0 aliphatic carbocycles. The van der Waals surface area contributed by atoms with Crippen LogP contribution in [0.2, 0.25) is 0 Å². The van der Waals surface area contributed by atoms with E-state index >= 15 is 0 Å². The van der Waals surface area contributed by atoms with Crippen LogP contribution in [-0.4, -0.2) is 6.26 Å². The fourth-order valence-electron chi connectivity index (χ4n) is 1.34. The molecule has 1 rings (SSSR count). The molecular formula is C11H15ClS. The lowest BCUT2D eigenvalue weighted by Gasteiger charge is -2.06. The lowest BCUT2D eigenvalue weighted by Crippen LogP contribution is -1.88. The highest BCUT2D eigenvalue weighted by atomic mass is 35.5. The fourth-order valence-corrected chi connectivity index (χ4v) is 2.33. The lowest BCUT2D eigenvalue weighted by molar-refractivity contribution is 0.915. The minimum atomic E-state index is 0.614. The minimum Gasteiger partial charge on any atom is -0.129 e. The van der Waals surface area contributed by atoms with Crippen LogP contribution in [-0.2, 0) is 12.3 Å². The lowest BCUT2D eigenvalue weighted by atomic mass is 10.1. The Labute approximate surface area is 89.7 Å². The average Bonchev–Trinajstić information content (AvgIpc) is 2.18. The molecule has 0 N–H and O–H groups in total. The van der Waals surface area contributed by atoms with E-state index in [2.05, 4.69) is 31.4 Å². The van der Waals surface area contributed by atoms with Crippen molar-refractivity contribution in [1.29, 1.82) is 0 Å². The molecule has 0 atom stereocenters. The van der Waals surface area contributed by atoms with Crippen molar-refractivity contribution in [1.82, 2.24) is 0 Å². The molecular weight excluding hydrogens is 200 g/mol. The topological polar surface area (TPSA) is 0 Å². The number of hydrogen-bond acceptors (Lipinski definition) is 1. The van der Waals surface area contributed by atoms with Gasteiger partial charge in [-0.25, -0.2) is 0 Å². The Balaban J connectivity index is 2.91. The van der Waals surface area contributed by atoms with Crippen molar-refractivity contribution < 1.29 is 0 Å². The maximum atomic E-state index is 5.83. The van der Waals surface area contributed by atoms with Crippen molar-refractivity contribution in [3.63, 3.8) is 0 Å². The Hall–Kier alpha value is -0.140. The maximum Gasteiger partial charge on any atom is 0.0485 e. The molecule has 0 spiro atoms. The van der Waals surface area contributed by atoms with Gasteiger partial charge < -0.3 is 0 Å². The van der Waals surface area contributed by atoms with E-state index in [0.717, 1.165) is 6.42 Å². The van der Waals surface area contributed by atoms with E-state index in [1.165, 1.54) is 22.4 Å². The normalized spacial score (nSPS) is 10.4. The van der Waals surface area contributed by atoms with Gasteiger partial charge in [-0.05, 0) is 29.9 Å². The third kappa shape index (κ3) is 2.92. The van der Waals surface area contributed by atoms with Crippen LogP contribution in [0, 0.1) is 0 Å². The maximum absolute atomic E-state index is 5.83. The van der Waals surface area contributed by atoms with E-state index in [-0.39, 0.29) is 0 Å². The first-order valence-corrected chi connectivity index (χ1v) is 6.29. The summed E-state index contributed by atoms with van der Waals surface area (Å²) in [6, 6.07) is 6.58. The number of alkyl halides is 1. The molecule has 2 heteroatoms. The van der Waals surface area contributed by atoms with Gasteiger partial charge in [-0.1, -0.05) is 25.5 Å². The van der Waals surface area contributed by atoms with Gasteiger partial charge in [-0.3, -0.25) is 0 Å². The highest BCUT2D eigenvalue weighted by Crippen LogP contribution is 2.23. The summed E-state index contributed by atoms with van der Waals surface area (Å²) < 4.78 is 0. The predicted octanol–water partition coefficient (Wildman–Crippen LogP) is 4.10. The summed E-state index contributed by atoms with van der Waals surface area (Å²) in [5.74, 6) is 0.614. The molecule has 0 bridgehead atoms. The Morgan fingerprint density at radius 2 is 2.15 bits per heavy atom. The average molecular weight is 215 g/mol. The number of thioether (sulfide) groups is 1. The van der Waals surface area contributed by atoms with E-state index in [1.807, 2.05) is 0 Å². The highest BCUT2D eigenvalue weighted by Gasteiger charge is 2.01. The molecule has 0 amide bonds. The Bertz CT molecular complexity index is 271. The molecule has 0 heterocycles. The zero-order valence-electron chi connectivity index (χ0n) is 8.14. The summed E-state index contributed by atoms with van der Waals surface area (Å²) in [4.78, 5) is 1.32. The molecule has 0 aliphatic heterocycles. The van der Waals surface area contributed by atoms with Gasteiger partial charge in [0.1, 0.15) is 0 Å². The third-order valence-electron chi connectivity index (χ3n) is 2.03. The van der Waals surface area contributed by atoms with Crippen LogP contribution >= 0.6 is 23.4 Å². The summed E-state index contributed by atoms with van der Waals surface area (Å²) in [5, 5.41) is 0. The monoisotopic (exact) mass is 214 g/mol. The Morgan fingerprint density at radius 1 is 1.38 bits per heavy atom. The molecule has 72 valence electrons. The standard InChI is InChI=1S/C11H15ClS/c1-3-4-9-5-6-10(8-12)11(7-9)13-2/h5-7H,3-4,8H2,1-2H3. The van der Waals surface area contributed by atoms with Crippen molar-refractivity contribution >= 4 is 23.4 Å². The molecule has 0 nitrogen and oxygen atoms in total. The summed E-state index contributed by atoms with van der Waals surface area (Å²) in [5.41, 5.74) is 2.66. The molecule has 13 heavy (non-hydrogen) atoms. The molecule has 0 aromatic heterocycles. The molecule has 1 aromatic rings. The summed E-state index contributed by atoms with van der Waals surface area (Å²) >= 11 is 7.60. The van der Waals surface area contributed by atoms with Crippen molar-refractivity contribution in [3.05, 3.63) is 29.3 Å². The number of rotatable bonds is 4. The quantitative estimate of drug-likeness (QED) is 0.537. The van der Waals surface area contributed by atoms with Gasteiger partial charge in [0.2, 0.25) is 0 Å². The first kappa shape index (κ1) is 10.9. The molecule has 0 unspecified atom stereocenters. The third-order valence-corrected chi connectivity index (χ3v) is 3.14. The molecule has 0 radical (unpaired) electrons. The Kier molecular flexibility index (Phi) is 4.68. The van der Waals surface area contributed by atoms with E-state index in [4.69, 9.17) is 11.6 Å². The van der Waals surface area contributed by atoms with E-state index in [9.17, 15) is 0 Å². The zero-order valence-corrected chi connectivity index (χ0v) is 9.71. The van der Waals surface area contributed by atoms with Crippen molar-refractivity contribution in [2.75, 3.05) is 6.26 Å². The first-order valence-electron chi connectivity index (χ1n) is 4.53. The van der Waals surface area contributed by atoms with E-state index < -0.39 is 0 Å². The second kappa shape index (κ2) is 5.56.